The molecule has 0 atom stereocenters. The van der Waals surface area contributed by atoms with E-state index in [1.54, 1.807) is 11.8 Å². The molecular weight excluding hydrogens is 276 g/mol. The summed E-state index contributed by atoms with van der Waals surface area (Å²) in [6.45, 7) is 0.178. The van der Waals surface area contributed by atoms with Crippen LogP contribution in [-0.2, 0) is 4.79 Å². The predicted molar refractivity (Wildman–Crippen MR) is 79.2 cm³/mol. The Labute approximate surface area is 122 Å². The lowest BCUT2D eigenvalue weighted by Crippen LogP contribution is -2.48. The van der Waals surface area contributed by atoms with Crippen LogP contribution in [0, 0.1) is 5.41 Å². The quantitative estimate of drug-likeness (QED) is 0.730. The third kappa shape index (κ3) is 3.25. The number of carbonyl (C=O) groups excluding carboxylic acids is 1. The van der Waals surface area contributed by atoms with E-state index in [0.29, 0.717) is 18.5 Å². The van der Waals surface area contributed by atoms with Crippen LogP contribution < -0.4 is 10.6 Å². The molecule has 0 spiro atoms. The number of urea groups is 1. The van der Waals surface area contributed by atoms with Gasteiger partial charge in [-0.25, -0.2) is 4.79 Å². The summed E-state index contributed by atoms with van der Waals surface area (Å²) in [6.07, 6.45) is 4.15. The molecule has 0 heterocycles. The number of carboxylic acids is 1. The van der Waals surface area contributed by atoms with Crippen molar-refractivity contribution < 1.29 is 14.7 Å². The Balaban J connectivity index is 1.84. The second-order valence-electron chi connectivity index (χ2n) is 4.98. The monoisotopic (exact) mass is 294 g/mol. The predicted octanol–water partition coefficient (Wildman–Crippen LogP) is 2.78. The van der Waals surface area contributed by atoms with Gasteiger partial charge in [0.1, 0.15) is 0 Å². The first-order chi connectivity index (χ1) is 9.55. The molecule has 1 aliphatic rings. The zero-order chi connectivity index (χ0) is 14.6. The summed E-state index contributed by atoms with van der Waals surface area (Å²) in [5.74, 6) is -0.826. The zero-order valence-electron chi connectivity index (χ0n) is 11.3. The number of carbonyl (C=O) groups is 2. The van der Waals surface area contributed by atoms with Crippen molar-refractivity contribution in [1.29, 1.82) is 0 Å². The first-order valence-corrected chi connectivity index (χ1v) is 7.70. The molecule has 6 heteroatoms. The van der Waals surface area contributed by atoms with Crippen molar-refractivity contribution in [1.82, 2.24) is 5.32 Å². The molecule has 0 bridgehead atoms. The van der Waals surface area contributed by atoms with Gasteiger partial charge in [-0.15, -0.1) is 11.8 Å². The van der Waals surface area contributed by atoms with E-state index in [4.69, 9.17) is 0 Å². The Morgan fingerprint density at radius 2 is 1.95 bits per heavy atom. The lowest BCUT2D eigenvalue weighted by molar-refractivity contribution is -0.153. The third-order valence-electron chi connectivity index (χ3n) is 3.70. The van der Waals surface area contributed by atoms with Crippen LogP contribution in [0.3, 0.4) is 0 Å². The van der Waals surface area contributed by atoms with Gasteiger partial charge in [-0.2, -0.15) is 0 Å². The zero-order valence-corrected chi connectivity index (χ0v) is 12.1. The fourth-order valence-corrected chi connectivity index (χ4v) is 2.58. The van der Waals surface area contributed by atoms with Gasteiger partial charge in [0, 0.05) is 17.1 Å². The van der Waals surface area contributed by atoms with E-state index in [9.17, 15) is 14.7 Å². The molecule has 1 aliphatic carbocycles. The van der Waals surface area contributed by atoms with Crippen LogP contribution in [0.4, 0.5) is 10.5 Å². The van der Waals surface area contributed by atoms with E-state index < -0.39 is 11.4 Å². The van der Waals surface area contributed by atoms with Crippen LogP contribution in [0.2, 0.25) is 0 Å². The molecule has 0 saturated heterocycles. The number of nitrogens with one attached hydrogen (secondary N) is 2. The Hall–Kier alpha value is -1.69. The fourth-order valence-electron chi connectivity index (χ4n) is 2.17. The van der Waals surface area contributed by atoms with Gasteiger partial charge in [-0.3, -0.25) is 4.79 Å². The molecule has 0 aromatic heterocycles. The van der Waals surface area contributed by atoms with Gasteiger partial charge in [-0.1, -0.05) is 6.42 Å². The SMILES string of the molecule is CSc1ccc(NC(=O)NCC2(C(=O)O)CCC2)cc1. The Morgan fingerprint density at radius 3 is 2.40 bits per heavy atom. The topological polar surface area (TPSA) is 78.4 Å². The van der Waals surface area contributed by atoms with Gasteiger partial charge in [-0.05, 0) is 43.4 Å². The van der Waals surface area contributed by atoms with Crippen LogP contribution in [0.15, 0.2) is 29.2 Å². The van der Waals surface area contributed by atoms with E-state index in [0.717, 1.165) is 11.3 Å². The molecule has 0 unspecified atom stereocenters. The van der Waals surface area contributed by atoms with Crippen LogP contribution in [-0.4, -0.2) is 29.9 Å². The fraction of sp³-hybridized carbons (Fsp3) is 0.429. The van der Waals surface area contributed by atoms with E-state index >= 15 is 0 Å². The Bertz CT molecular complexity index is 498. The van der Waals surface area contributed by atoms with Crippen molar-refractivity contribution in [3.05, 3.63) is 24.3 Å². The van der Waals surface area contributed by atoms with Crippen LogP contribution in [0.5, 0.6) is 0 Å². The van der Waals surface area contributed by atoms with E-state index in [-0.39, 0.29) is 12.6 Å². The molecule has 20 heavy (non-hydrogen) atoms. The average molecular weight is 294 g/mol. The standard InChI is InChI=1S/C14H18N2O3S/c1-20-11-5-3-10(4-6-11)16-13(19)15-9-14(12(17)18)7-2-8-14/h3-6H,2,7-9H2,1H3,(H,17,18)(H2,15,16,19). The van der Waals surface area contributed by atoms with Crippen molar-refractivity contribution in [2.24, 2.45) is 5.41 Å². The molecule has 3 N–H and O–H groups in total. The maximum atomic E-state index is 11.8. The minimum absolute atomic E-state index is 0.178. The molecule has 1 fully saturated rings. The van der Waals surface area contributed by atoms with Gasteiger partial charge in [0.05, 0.1) is 5.41 Å². The number of benzene rings is 1. The highest BCUT2D eigenvalue weighted by Gasteiger charge is 2.44. The number of hydrogen-bond donors (Lipinski definition) is 3. The lowest BCUT2D eigenvalue weighted by Gasteiger charge is -2.37. The highest BCUT2D eigenvalue weighted by molar-refractivity contribution is 7.98. The molecular formula is C14H18N2O3S. The maximum absolute atomic E-state index is 11.8. The molecule has 5 nitrogen and oxygen atoms in total. The van der Waals surface area contributed by atoms with Gasteiger partial charge in [0.15, 0.2) is 0 Å². The van der Waals surface area contributed by atoms with Crippen molar-refractivity contribution in [2.75, 3.05) is 18.1 Å². The number of amides is 2. The van der Waals surface area contributed by atoms with Crippen molar-refractivity contribution in [3.63, 3.8) is 0 Å². The number of hydrogen-bond acceptors (Lipinski definition) is 3. The van der Waals surface area contributed by atoms with Crippen LogP contribution in [0.1, 0.15) is 19.3 Å². The largest absolute Gasteiger partial charge is 0.481 e. The summed E-state index contributed by atoms with van der Waals surface area (Å²) < 4.78 is 0. The van der Waals surface area contributed by atoms with Gasteiger partial charge >= 0.3 is 12.0 Å². The van der Waals surface area contributed by atoms with Crippen molar-refractivity contribution >= 4 is 29.4 Å². The average Bonchev–Trinajstić information content (AvgIpc) is 2.38. The first-order valence-electron chi connectivity index (χ1n) is 6.48. The number of aliphatic carboxylic acids is 1. The molecule has 0 aliphatic heterocycles. The minimum atomic E-state index is -0.826. The molecule has 0 radical (unpaired) electrons. The normalized spacial score (nSPS) is 16.1. The maximum Gasteiger partial charge on any atom is 0.319 e. The molecule has 2 rings (SSSR count). The minimum Gasteiger partial charge on any atom is -0.481 e. The summed E-state index contributed by atoms with van der Waals surface area (Å²) in [7, 11) is 0. The van der Waals surface area contributed by atoms with Crippen LogP contribution in [0.25, 0.3) is 0 Å². The van der Waals surface area contributed by atoms with Crippen molar-refractivity contribution in [3.8, 4) is 0 Å². The molecule has 1 saturated carbocycles. The van der Waals surface area contributed by atoms with Crippen molar-refractivity contribution in [2.45, 2.75) is 24.2 Å². The highest BCUT2D eigenvalue weighted by Crippen LogP contribution is 2.40. The van der Waals surface area contributed by atoms with Gasteiger partial charge in [0.2, 0.25) is 0 Å². The van der Waals surface area contributed by atoms with E-state index in [1.165, 1.54) is 0 Å². The Kier molecular flexibility index (Phi) is 4.54. The first kappa shape index (κ1) is 14.7. The highest BCUT2D eigenvalue weighted by atomic mass is 32.2. The summed E-state index contributed by atoms with van der Waals surface area (Å²) in [4.78, 5) is 24.0. The van der Waals surface area contributed by atoms with Gasteiger partial charge < -0.3 is 15.7 Å². The molecule has 1 aromatic rings. The summed E-state index contributed by atoms with van der Waals surface area (Å²) in [5, 5.41) is 14.5. The number of carboxylic acid groups (broad SMARTS) is 1. The summed E-state index contributed by atoms with van der Waals surface area (Å²) >= 11 is 1.63. The second kappa shape index (κ2) is 6.17. The number of anilines is 1. The van der Waals surface area contributed by atoms with E-state index in [2.05, 4.69) is 10.6 Å². The summed E-state index contributed by atoms with van der Waals surface area (Å²) in [5.41, 5.74) is -0.0710. The van der Waals surface area contributed by atoms with E-state index in [1.807, 2.05) is 30.5 Å². The Morgan fingerprint density at radius 1 is 1.30 bits per heavy atom. The molecule has 1 aromatic carbocycles. The molecule has 108 valence electrons. The number of thioether (sulfide) groups is 1. The third-order valence-corrected chi connectivity index (χ3v) is 4.44. The van der Waals surface area contributed by atoms with Crippen LogP contribution >= 0.6 is 11.8 Å². The lowest BCUT2D eigenvalue weighted by atomic mass is 9.69. The number of rotatable bonds is 5. The smallest absolute Gasteiger partial charge is 0.319 e. The van der Waals surface area contributed by atoms with Gasteiger partial charge in [0.25, 0.3) is 0 Å². The molecule has 2 amide bonds. The second-order valence-corrected chi connectivity index (χ2v) is 5.85. The summed E-state index contributed by atoms with van der Waals surface area (Å²) in [6, 6.07) is 7.12.